The van der Waals surface area contributed by atoms with Crippen molar-refractivity contribution in [3.8, 4) is 0 Å². The molecule has 68 valence electrons. The predicted octanol–water partition coefficient (Wildman–Crippen LogP) is 1.74. The van der Waals surface area contributed by atoms with Crippen molar-refractivity contribution < 1.29 is 131 Å². The van der Waals surface area contributed by atoms with Crippen LogP contribution >= 0.6 is 18.5 Å². The first-order valence-corrected chi connectivity index (χ1v) is 5.11. The molecule has 4 radical (unpaired) electrons. The van der Waals surface area contributed by atoms with Crippen molar-refractivity contribution in [2.75, 3.05) is 19.1 Å². The fourth-order valence-electron chi connectivity index (χ4n) is 0.639. The quantitative estimate of drug-likeness (QED) is 0.500. The monoisotopic (exact) mass is 521 g/mol. The molecule has 0 aliphatic carbocycles. The van der Waals surface area contributed by atoms with Crippen LogP contribution in [0.1, 0.15) is 19.8 Å². The SMILES string of the molecule is CCCCN(CP)CP.[Y].[Y].[Y].[Y]. The van der Waals surface area contributed by atoms with Crippen LogP contribution < -0.4 is 0 Å². The maximum Gasteiger partial charge on any atom is 0.0130 e. The third-order valence-corrected chi connectivity index (χ3v) is 2.38. The van der Waals surface area contributed by atoms with Crippen LogP contribution in [-0.4, -0.2) is 24.0 Å². The molecule has 13 heavy (non-hydrogen) atoms. The zero-order valence-electron chi connectivity index (χ0n) is 8.45. The number of unbranched alkanes of at least 4 members (excludes halogenated alkanes) is 1. The van der Waals surface area contributed by atoms with Crippen LogP contribution in [0.25, 0.3) is 0 Å². The summed E-state index contributed by atoms with van der Waals surface area (Å²) >= 11 is 0. The van der Waals surface area contributed by atoms with Crippen LogP contribution in [0.15, 0.2) is 0 Å². The Bertz CT molecular complexity index is 66.6. The van der Waals surface area contributed by atoms with E-state index < -0.39 is 0 Å². The minimum Gasteiger partial charge on any atom is -0.296 e. The molecule has 7 heteroatoms. The molecule has 0 rings (SSSR count). The molecular weight excluding hydrogens is 504 g/mol. The van der Waals surface area contributed by atoms with Gasteiger partial charge in [-0.1, -0.05) is 13.3 Å². The molecule has 0 aliphatic rings. The van der Waals surface area contributed by atoms with Crippen molar-refractivity contribution in [3.63, 3.8) is 0 Å². The molecule has 0 N–H and O–H groups in total. The molecule has 0 aromatic carbocycles. The molecule has 0 aliphatic heterocycles. The minimum absolute atomic E-state index is 0. The number of hydrogen-bond acceptors (Lipinski definition) is 1. The summed E-state index contributed by atoms with van der Waals surface area (Å²) in [5.74, 6) is 0. The van der Waals surface area contributed by atoms with Crippen LogP contribution in [-0.2, 0) is 131 Å². The van der Waals surface area contributed by atoms with E-state index in [0.29, 0.717) is 0 Å². The van der Waals surface area contributed by atoms with Gasteiger partial charge in [0.25, 0.3) is 0 Å². The Morgan fingerprint density at radius 3 is 1.54 bits per heavy atom. The molecule has 0 saturated carbocycles. The van der Waals surface area contributed by atoms with Gasteiger partial charge in [0, 0.05) is 143 Å². The van der Waals surface area contributed by atoms with Crippen molar-refractivity contribution >= 4 is 18.5 Å². The Kier molecular flexibility index (Phi) is 61.7. The summed E-state index contributed by atoms with van der Waals surface area (Å²) in [5.41, 5.74) is 0. The van der Waals surface area contributed by atoms with Gasteiger partial charge in [-0.15, -0.1) is 18.5 Å². The van der Waals surface area contributed by atoms with Gasteiger partial charge >= 0.3 is 0 Å². The van der Waals surface area contributed by atoms with E-state index in [9.17, 15) is 0 Å². The maximum absolute atomic E-state index is 2.75. The molecule has 0 fully saturated rings. The van der Waals surface area contributed by atoms with Gasteiger partial charge in [-0.05, 0) is 13.0 Å². The normalized spacial score (nSPS) is 7.38. The summed E-state index contributed by atoms with van der Waals surface area (Å²) in [7, 11) is 5.49. The van der Waals surface area contributed by atoms with Crippen molar-refractivity contribution in [2.45, 2.75) is 19.8 Å². The fourth-order valence-corrected chi connectivity index (χ4v) is 1.60. The summed E-state index contributed by atoms with van der Waals surface area (Å²) in [6, 6.07) is 0. The van der Waals surface area contributed by atoms with Crippen molar-refractivity contribution in [1.82, 2.24) is 4.90 Å². The standard InChI is InChI=1S/C6H17NP2.4Y/c1-2-3-4-7(5-8)6-9;;;;/h2-6,8-9H2,1H3;;;;. The summed E-state index contributed by atoms with van der Waals surface area (Å²) in [6.07, 6.45) is 4.82. The fraction of sp³-hybridized carbons (Fsp3) is 1.00. The molecular formula is C6H17NP2Y4. The van der Waals surface area contributed by atoms with E-state index in [1.807, 2.05) is 0 Å². The van der Waals surface area contributed by atoms with E-state index in [4.69, 9.17) is 0 Å². The van der Waals surface area contributed by atoms with Gasteiger partial charge in [-0.25, -0.2) is 0 Å². The first-order chi connectivity index (χ1) is 4.35. The number of rotatable bonds is 5. The van der Waals surface area contributed by atoms with Gasteiger partial charge in [0.15, 0.2) is 0 Å². The molecule has 2 unspecified atom stereocenters. The predicted molar refractivity (Wildman–Crippen MR) is 50.8 cm³/mol. The molecule has 0 aromatic rings. The van der Waals surface area contributed by atoms with Crippen LogP contribution in [0.4, 0.5) is 0 Å². The number of hydrogen-bond donors (Lipinski definition) is 0. The Labute approximate surface area is 189 Å². The molecule has 0 amide bonds. The van der Waals surface area contributed by atoms with E-state index in [1.54, 1.807) is 0 Å². The number of nitrogens with zero attached hydrogens (tertiary/aromatic N) is 1. The van der Waals surface area contributed by atoms with Crippen LogP contribution in [0, 0.1) is 0 Å². The Balaban J connectivity index is -0.0000000533. The van der Waals surface area contributed by atoms with Gasteiger partial charge in [-0.3, -0.25) is 4.90 Å². The van der Waals surface area contributed by atoms with Crippen LogP contribution in [0.2, 0.25) is 0 Å². The maximum atomic E-state index is 2.75. The van der Waals surface area contributed by atoms with E-state index in [2.05, 4.69) is 30.3 Å². The summed E-state index contributed by atoms with van der Waals surface area (Å²) in [4.78, 5) is 2.39. The smallest absolute Gasteiger partial charge is 0.0130 e. The summed E-state index contributed by atoms with van der Waals surface area (Å²) in [5, 5.41) is 0. The Morgan fingerprint density at radius 1 is 0.923 bits per heavy atom. The van der Waals surface area contributed by atoms with Gasteiger partial charge in [0.1, 0.15) is 0 Å². The average molecular weight is 521 g/mol. The molecule has 0 saturated heterocycles. The van der Waals surface area contributed by atoms with E-state index in [-0.39, 0.29) is 131 Å². The average Bonchev–Trinajstić information content (AvgIpc) is 1.91. The summed E-state index contributed by atoms with van der Waals surface area (Å²) < 4.78 is 0. The molecule has 0 bridgehead atoms. The van der Waals surface area contributed by atoms with Gasteiger partial charge in [0.2, 0.25) is 0 Å². The van der Waals surface area contributed by atoms with Crippen molar-refractivity contribution in [1.29, 1.82) is 0 Å². The van der Waals surface area contributed by atoms with Crippen LogP contribution in [0.3, 0.4) is 0 Å². The van der Waals surface area contributed by atoms with Crippen LogP contribution in [0.5, 0.6) is 0 Å². The van der Waals surface area contributed by atoms with Gasteiger partial charge < -0.3 is 0 Å². The molecule has 1 nitrogen and oxygen atoms in total. The van der Waals surface area contributed by atoms with E-state index in [0.717, 1.165) is 12.6 Å². The second-order valence-electron chi connectivity index (χ2n) is 2.11. The van der Waals surface area contributed by atoms with Gasteiger partial charge in [-0.2, -0.15) is 0 Å². The second kappa shape index (κ2) is 25.9. The zero-order chi connectivity index (χ0) is 7.11. The van der Waals surface area contributed by atoms with Gasteiger partial charge in [0.05, 0.1) is 0 Å². The molecule has 2 atom stereocenters. The Hall–Kier alpha value is 5.24. The second-order valence-corrected chi connectivity index (χ2v) is 2.84. The topological polar surface area (TPSA) is 3.24 Å². The first kappa shape index (κ1) is 30.9. The molecule has 0 spiro atoms. The Morgan fingerprint density at radius 2 is 1.31 bits per heavy atom. The molecule has 0 heterocycles. The minimum atomic E-state index is 0. The first-order valence-electron chi connectivity index (χ1n) is 3.47. The third-order valence-electron chi connectivity index (χ3n) is 1.34. The third kappa shape index (κ3) is 22.8. The zero-order valence-corrected chi connectivity index (χ0v) is 22.1. The van der Waals surface area contributed by atoms with E-state index in [1.165, 1.54) is 19.4 Å². The molecule has 0 aromatic heterocycles. The van der Waals surface area contributed by atoms with Crippen molar-refractivity contribution in [2.24, 2.45) is 0 Å². The summed E-state index contributed by atoms with van der Waals surface area (Å²) in [6.45, 7) is 3.47. The van der Waals surface area contributed by atoms with Crippen molar-refractivity contribution in [3.05, 3.63) is 0 Å². The largest absolute Gasteiger partial charge is 0.296 e. The van der Waals surface area contributed by atoms with E-state index >= 15 is 0 Å².